The number of aromatic nitrogens is 2. The number of benzene rings is 1. The summed E-state index contributed by atoms with van der Waals surface area (Å²) in [5, 5.41) is 3.21. The Bertz CT molecular complexity index is 689. The predicted octanol–water partition coefficient (Wildman–Crippen LogP) is 4.97. The van der Waals surface area contributed by atoms with E-state index in [2.05, 4.69) is 11.1 Å². The lowest BCUT2D eigenvalue weighted by molar-refractivity contribution is 0.797. The van der Waals surface area contributed by atoms with Crippen molar-refractivity contribution < 1.29 is 0 Å². The van der Waals surface area contributed by atoms with Gasteiger partial charge in [0.15, 0.2) is 0 Å². The minimum atomic E-state index is 0.579. The Hall–Kier alpha value is -1.29. The molecule has 3 rings (SSSR count). The van der Waals surface area contributed by atoms with Crippen molar-refractivity contribution >= 4 is 34.5 Å². The number of thiophene rings is 1. The zero-order valence-electron chi connectivity index (χ0n) is 9.88. The van der Waals surface area contributed by atoms with Crippen molar-refractivity contribution in [1.82, 2.24) is 9.55 Å². The molecule has 2 nitrogen and oxygen atoms in total. The number of rotatable bonds is 3. The predicted molar refractivity (Wildman–Crippen MR) is 81.1 cm³/mol. The summed E-state index contributed by atoms with van der Waals surface area (Å²) in [6.07, 6.45) is 3.87. The van der Waals surface area contributed by atoms with Crippen molar-refractivity contribution in [3.63, 3.8) is 0 Å². The van der Waals surface area contributed by atoms with Gasteiger partial charge in [-0.25, -0.2) is 4.98 Å². The minimum Gasteiger partial charge on any atom is -0.332 e. The molecule has 0 atom stereocenters. The maximum absolute atomic E-state index is 6.01. The third-order valence-corrected chi connectivity index (χ3v) is 4.39. The minimum absolute atomic E-state index is 0.579. The molecule has 0 spiro atoms. The number of imidazole rings is 1. The summed E-state index contributed by atoms with van der Waals surface area (Å²) < 4.78 is 2.04. The maximum atomic E-state index is 6.01. The summed E-state index contributed by atoms with van der Waals surface area (Å²) in [4.78, 5) is 5.58. The van der Waals surface area contributed by atoms with Crippen molar-refractivity contribution in [2.24, 2.45) is 0 Å². The smallest absolute Gasteiger partial charge is 0.0981 e. The fourth-order valence-electron chi connectivity index (χ4n) is 1.85. The molecule has 96 valence electrons. The molecule has 0 bridgehead atoms. The average molecular weight is 309 g/mol. The average Bonchev–Trinajstić information content (AvgIpc) is 3.04. The van der Waals surface area contributed by atoms with Gasteiger partial charge in [-0.15, -0.1) is 11.3 Å². The molecular formula is C14H10Cl2N2S. The Morgan fingerprint density at radius 2 is 2.05 bits per heavy atom. The molecule has 0 aliphatic rings. The Morgan fingerprint density at radius 1 is 1.16 bits per heavy atom. The van der Waals surface area contributed by atoms with Crippen molar-refractivity contribution in [1.29, 1.82) is 0 Å². The van der Waals surface area contributed by atoms with Crippen LogP contribution in [-0.2, 0) is 6.54 Å². The molecule has 1 aromatic carbocycles. The molecule has 19 heavy (non-hydrogen) atoms. The molecule has 0 aliphatic heterocycles. The summed E-state index contributed by atoms with van der Waals surface area (Å²) in [6, 6.07) is 9.76. The maximum Gasteiger partial charge on any atom is 0.0981 e. The summed E-state index contributed by atoms with van der Waals surface area (Å²) >= 11 is 13.6. The van der Waals surface area contributed by atoms with Crippen LogP contribution in [0, 0.1) is 0 Å². The zero-order valence-corrected chi connectivity index (χ0v) is 12.2. The molecule has 3 aromatic rings. The van der Waals surface area contributed by atoms with Crippen molar-refractivity contribution in [3.8, 4) is 10.6 Å². The van der Waals surface area contributed by atoms with E-state index in [1.54, 1.807) is 11.3 Å². The van der Waals surface area contributed by atoms with Gasteiger partial charge in [0.25, 0.3) is 0 Å². The molecular weight excluding hydrogens is 299 g/mol. The highest BCUT2D eigenvalue weighted by atomic mass is 35.5. The molecule has 0 saturated heterocycles. The second kappa shape index (κ2) is 5.37. The van der Waals surface area contributed by atoms with Gasteiger partial charge in [0.05, 0.1) is 26.9 Å². The second-order valence-corrected chi connectivity index (χ2v) is 5.92. The monoisotopic (exact) mass is 308 g/mol. The fraction of sp³-hybridized carbons (Fsp3) is 0.0714. The Morgan fingerprint density at radius 3 is 2.79 bits per heavy atom. The molecule has 0 amide bonds. The highest BCUT2D eigenvalue weighted by Crippen LogP contribution is 2.25. The van der Waals surface area contributed by atoms with Gasteiger partial charge in [0.2, 0.25) is 0 Å². The van der Waals surface area contributed by atoms with E-state index in [4.69, 9.17) is 23.2 Å². The van der Waals surface area contributed by atoms with Crippen LogP contribution in [-0.4, -0.2) is 9.55 Å². The summed E-state index contributed by atoms with van der Waals surface area (Å²) in [5.41, 5.74) is 2.10. The van der Waals surface area contributed by atoms with Crippen molar-refractivity contribution in [2.45, 2.75) is 6.54 Å². The third-order valence-electron chi connectivity index (χ3n) is 2.76. The van der Waals surface area contributed by atoms with Crippen LogP contribution in [0.5, 0.6) is 0 Å². The van der Waals surface area contributed by atoms with Gasteiger partial charge in [-0.2, -0.15) is 0 Å². The highest BCUT2D eigenvalue weighted by Gasteiger charge is 2.04. The van der Waals surface area contributed by atoms with Crippen LogP contribution < -0.4 is 0 Å². The first-order valence-corrected chi connectivity index (χ1v) is 7.35. The van der Waals surface area contributed by atoms with Crippen LogP contribution in [0.3, 0.4) is 0 Å². The Kier molecular flexibility index (Phi) is 3.60. The molecule has 0 unspecified atom stereocenters. The van der Waals surface area contributed by atoms with Gasteiger partial charge in [0, 0.05) is 12.7 Å². The molecule has 0 radical (unpaired) electrons. The lowest BCUT2D eigenvalue weighted by Crippen LogP contribution is -1.96. The Labute approximate surface area is 125 Å². The van der Waals surface area contributed by atoms with E-state index in [9.17, 15) is 0 Å². The van der Waals surface area contributed by atoms with E-state index in [0.717, 1.165) is 17.8 Å². The third kappa shape index (κ3) is 2.84. The lowest BCUT2D eigenvalue weighted by Gasteiger charge is -2.03. The van der Waals surface area contributed by atoms with E-state index in [0.29, 0.717) is 10.0 Å². The number of hydrogen-bond donors (Lipinski definition) is 0. The van der Waals surface area contributed by atoms with Crippen LogP contribution in [0.2, 0.25) is 10.0 Å². The Balaban J connectivity index is 1.82. The van der Waals surface area contributed by atoms with Crippen molar-refractivity contribution in [3.05, 3.63) is 63.8 Å². The molecule has 5 heteroatoms. The van der Waals surface area contributed by atoms with Gasteiger partial charge in [-0.1, -0.05) is 35.3 Å². The number of hydrogen-bond acceptors (Lipinski definition) is 2. The van der Waals surface area contributed by atoms with Crippen LogP contribution in [0.1, 0.15) is 5.56 Å². The number of halogens is 2. The van der Waals surface area contributed by atoms with E-state index in [1.807, 2.05) is 46.7 Å². The summed E-state index contributed by atoms with van der Waals surface area (Å²) in [5.74, 6) is 0. The van der Waals surface area contributed by atoms with E-state index in [1.165, 1.54) is 4.88 Å². The first-order valence-electron chi connectivity index (χ1n) is 5.72. The fourth-order valence-corrected chi connectivity index (χ4v) is 2.85. The van der Waals surface area contributed by atoms with Crippen molar-refractivity contribution in [2.75, 3.05) is 0 Å². The highest BCUT2D eigenvalue weighted by molar-refractivity contribution is 7.13. The molecule has 0 saturated carbocycles. The normalized spacial score (nSPS) is 10.8. The molecule has 2 aromatic heterocycles. The summed E-state index contributed by atoms with van der Waals surface area (Å²) in [6.45, 7) is 0.731. The second-order valence-electron chi connectivity index (χ2n) is 4.16. The lowest BCUT2D eigenvalue weighted by atomic mass is 10.2. The van der Waals surface area contributed by atoms with Crippen LogP contribution in [0.15, 0.2) is 48.2 Å². The largest absolute Gasteiger partial charge is 0.332 e. The van der Waals surface area contributed by atoms with Crippen LogP contribution in [0.4, 0.5) is 0 Å². The first kappa shape index (κ1) is 12.7. The van der Waals surface area contributed by atoms with Crippen LogP contribution >= 0.6 is 34.5 Å². The first-order chi connectivity index (χ1) is 9.22. The van der Waals surface area contributed by atoms with E-state index in [-0.39, 0.29) is 0 Å². The number of nitrogens with zero attached hydrogens (tertiary/aromatic N) is 2. The topological polar surface area (TPSA) is 17.8 Å². The molecule has 0 aliphatic carbocycles. The quantitative estimate of drug-likeness (QED) is 0.668. The molecule has 0 fully saturated rings. The SMILES string of the molecule is Clc1ccc(Cn2cnc(-c3cccs3)c2)cc1Cl. The summed E-state index contributed by atoms with van der Waals surface area (Å²) in [7, 11) is 0. The molecule has 2 heterocycles. The van der Waals surface area contributed by atoms with Gasteiger partial charge >= 0.3 is 0 Å². The van der Waals surface area contributed by atoms with E-state index >= 15 is 0 Å². The molecule has 0 N–H and O–H groups in total. The standard InChI is InChI=1S/C14H10Cl2N2S/c15-11-4-3-10(6-12(11)16)7-18-8-13(17-9-18)14-2-1-5-19-14/h1-6,8-9H,7H2. The van der Waals surface area contributed by atoms with Gasteiger partial charge in [0.1, 0.15) is 0 Å². The van der Waals surface area contributed by atoms with Gasteiger partial charge in [-0.3, -0.25) is 0 Å². The van der Waals surface area contributed by atoms with Gasteiger partial charge < -0.3 is 4.57 Å². The zero-order chi connectivity index (χ0) is 13.2. The van der Waals surface area contributed by atoms with Crippen LogP contribution in [0.25, 0.3) is 10.6 Å². The van der Waals surface area contributed by atoms with E-state index < -0.39 is 0 Å². The van der Waals surface area contributed by atoms with Gasteiger partial charge in [-0.05, 0) is 29.1 Å².